The minimum atomic E-state index is -0.780. The van der Waals surface area contributed by atoms with Gasteiger partial charge in [-0.3, -0.25) is 14.8 Å². The number of anilines is 1. The predicted molar refractivity (Wildman–Crippen MR) is 65.8 cm³/mol. The average molecular weight is 254 g/mol. The van der Waals surface area contributed by atoms with Gasteiger partial charge in [0.25, 0.3) is 5.91 Å². The zero-order chi connectivity index (χ0) is 12.3. The van der Waals surface area contributed by atoms with Crippen LogP contribution in [0, 0.1) is 0 Å². The van der Waals surface area contributed by atoms with Crippen molar-refractivity contribution in [1.29, 1.82) is 0 Å². The third kappa shape index (κ3) is 2.80. The fraction of sp³-hybridized carbons (Fsp3) is 0.400. The molecule has 0 aromatic carbocycles. The van der Waals surface area contributed by atoms with Gasteiger partial charge < -0.3 is 10.3 Å². The number of amides is 1. The van der Waals surface area contributed by atoms with E-state index in [9.17, 15) is 9.00 Å². The maximum absolute atomic E-state index is 12.0. The van der Waals surface area contributed by atoms with Crippen LogP contribution < -0.4 is 11.3 Å². The van der Waals surface area contributed by atoms with Gasteiger partial charge >= 0.3 is 0 Å². The molecule has 1 aromatic heterocycles. The number of pyridine rings is 1. The Labute approximate surface area is 102 Å². The van der Waals surface area contributed by atoms with Crippen molar-refractivity contribution in [2.24, 2.45) is 5.84 Å². The summed E-state index contributed by atoms with van der Waals surface area (Å²) in [6.07, 6.45) is 1.51. The zero-order valence-corrected chi connectivity index (χ0v) is 10.1. The molecule has 92 valence electrons. The number of hydrogen-bond donors (Lipinski definition) is 2. The van der Waals surface area contributed by atoms with Crippen LogP contribution in [0.1, 0.15) is 10.5 Å². The minimum Gasteiger partial charge on any atom is -0.335 e. The van der Waals surface area contributed by atoms with Crippen molar-refractivity contribution in [1.82, 2.24) is 9.88 Å². The molecule has 7 heteroatoms. The molecule has 1 amide bonds. The molecule has 1 fully saturated rings. The van der Waals surface area contributed by atoms with Crippen molar-refractivity contribution in [3.8, 4) is 0 Å². The van der Waals surface area contributed by atoms with E-state index in [1.165, 1.54) is 6.20 Å². The summed E-state index contributed by atoms with van der Waals surface area (Å²) in [5, 5.41) is 0. The molecule has 0 bridgehead atoms. The third-order valence-corrected chi connectivity index (χ3v) is 3.89. The van der Waals surface area contributed by atoms with Gasteiger partial charge in [-0.15, -0.1) is 0 Å². The quantitative estimate of drug-likeness (QED) is 0.552. The molecule has 0 radical (unpaired) electrons. The first-order valence-corrected chi connectivity index (χ1v) is 6.76. The molecular formula is C10H14N4O2S. The van der Waals surface area contributed by atoms with Gasteiger partial charge in [-0.1, -0.05) is 0 Å². The number of aromatic nitrogens is 1. The van der Waals surface area contributed by atoms with Gasteiger partial charge in [-0.25, -0.2) is 4.98 Å². The molecule has 2 rings (SSSR count). The highest BCUT2D eigenvalue weighted by Crippen LogP contribution is 2.09. The van der Waals surface area contributed by atoms with Gasteiger partial charge in [0.1, 0.15) is 5.69 Å². The average Bonchev–Trinajstić information content (AvgIpc) is 2.39. The van der Waals surface area contributed by atoms with Crippen LogP contribution in [0.5, 0.6) is 0 Å². The van der Waals surface area contributed by atoms with Crippen LogP contribution in [0.4, 0.5) is 5.69 Å². The van der Waals surface area contributed by atoms with Gasteiger partial charge in [0.15, 0.2) is 0 Å². The van der Waals surface area contributed by atoms with Gasteiger partial charge in [-0.05, 0) is 12.1 Å². The normalized spacial score (nSPS) is 16.9. The maximum atomic E-state index is 12.0. The smallest absolute Gasteiger partial charge is 0.272 e. The summed E-state index contributed by atoms with van der Waals surface area (Å²) in [6, 6.07) is 3.32. The lowest BCUT2D eigenvalue weighted by molar-refractivity contribution is 0.0765. The van der Waals surface area contributed by atoms with Crippen LogP contribution in [0.25, 0.3) is 0 Å². The van der Waals surface area contributed by atoms with Crippen molar-refractivity contribution in [3.63, 3.8) is 0 Å². The summed E-state index contributed by atoms with van der Waals surface area (Å²) in [7, 11) is -0.780. The number of hydrogen-bond acceptors (Lipinski definition) is 5. The minimum absolute atomic E-state index is 0.120. The van der Waals surface area contributed by atoms with Crippen LogP contribution in [-0.4, -0.2) is 44.6 Å². The van der Waals surface area contributed by atoms with Gasteiger partial charge in [0, 0.05) is 35.4 Å². The highest BCUT2D eigenvalue weighted by atomic mass is 32.2. The van der Waals surface area contributed by atoms with Crippen LogP contribution in [0.2, 0.25) is 0 Å². The van der Waals surface area contributed by atoms with Crippen molar-refractivity contribution in [2.75, 3.05) is 30.0 Å². The molecule has 1 aliphatic rings. The lowest BCUT2D eigenvalue weighted by Crippen LogP contribution is -2.42. The van der Waals surface area contributed by atoms with E-state index in [-0.39, 0.29) is 5.91 Å². The number of carbonyl (C=O) groups is 1. The molecule has 0 unspecified atom stereocenters. The molecule has 0 atom stereocenters. The standard InChI is InChI=1S/C10H14N4O2S/c11-13-8-1-2-9(12-7-8)10(15)14-3-5-17(16)6-4-14/h1-2,7,13H,3-6,11H2. The summed E-state index contributed by atoms with van der Waals surface area (Å²) >= 11 is 0. The Morgan fingerprint density at radius 1 is 1.41 bits per heavy atom. The van der Waals surface area contributed by atoms with Gasteiger partial charge in [0.05, 0.1) is 11.9 Å². The predicted octanol–water partition coefficient (Wildman–Crippen LogP) is -0.428. The van der Waals surface area contributed by atoms with Gasteiger partial charge in [0.2, 0.25) is 0 Å². The molecule has 0 spiro atoms. The number of rotatable bonds is 2. The molecule has 0 saturated carbocycles. The summed E-state index contributed by atoms with van der Waals surface area (Å²) < 4.78 is 11.2. The molecule has 0 aliphatic carbocycles. The third-order valence-electron chi connectivity index (χ3n) is 2.61. The Kier molecular flexibility index (Phi) is 3.70. The number of nitrogen functional groups attached to an aromatic ring is 1. The Hall–Kier alpha value is -1.47. The number of carbonyl (C=O) groups excluding carboxylic acids is 1. The van der Waals surface area contributed by atoms with E-state index in [2.05, 4.69) is 10.4 Å². The summed E-state index contributed by atoms with van der Waals surface area (Å²) in [6.45, 7) is 1.06. The number of hydrazine groups is 1. The van der Waals surface area contributed by atoms with E-state index in [0.29, 0.717) is 36.0 Å². The van der Waals surface area contributed by atoms with Crippen LogP contribution in [-0.2, 0) is 10.8 Å². The molecule has 1 aromatic rings. The topological polar surface area (TPSA) is 88.3 Å². The molecule has 17 heavy (non-hydrogen) atoms. The maximum Gasteiger partial charge on any atom is 0.272 e. The van der Waals surface area contributed by atoms with E-state index in [1.54, 1.807) is 17.0 Å². The van der Waals surface area contributed by atoms with E-state index in [4.69, 9.17) is 5.84 Å². The summed E-state index contributed by atoms with van der Waals surface area (Å²) in [5.74, 6) is 6.19. The fourth-order valence-corrected chi connectivity index (χ4v) is 2.66. The van der Waals surface area contributed by atoms with Crippen molar-refractivity contribution in [3.05, 3.63) is 24.0 Å². The fourth-order valence-electron chi connectivity index (χ4n) is 1.61. The number of nitrogens with two attached hydrogens (primary N) is 1. The van der Waals surface area contributed by atoms with Gasteiger partial charge in [-0.2, -0.15) is 0 Å². The molecule has 1 saturated heterocycles. The SMILES string of the molecule is NNc1ccc(C(=O)N2CCS(=O)CC2)nc1. The van der Waals surface area contributed by atoms with E-state index in [1.807, 2.05) is 0 Å². The monoisotopic (exact) mass is 254 g/mol. The van der Waals surface area contributed by atoms with Crippen LogP contribution in [0.3, 0.4) is 0 Å². The first-order chi connectivity index (χ1) is 8.20. The lowest BCUT2D eigenvalue weighted by atomic mass is 10.3. The lowest BCUT2D eigenvalue weighted by Gasteiger charge is -2.25. The number of nitrogens with one attached hydrogen (secondary N) is 1. The second-order valence-electron chi connectivity index (χ2n) is 3.72. The molecule has 2 heterocycles. The largest absolute Gasteiger partial charge is 0.335 e. The van der Waals surface area contributed by atoms with Crippen LogP contribution >= 0.6 is 0 Å². The Bertz CT molecular complexity index is 424. The highest BCUT2D eigenvalue weighted by Gasteiger charge is 2.21. The second kappa shape index (κ2) is 5.24. The van der Waals surface area contributed by atoms with E-state index in [0.717, 1.165) is 0 Å². The summed E-state index contributed by atoms with van der Waals surface area (Å²) in [5.41, 5.74) is 3.49. The Morgan fingerprint density at radius 2 is 2.12 bits per heavy atom. The molecule has 3 N–H and O–H groups in total. The van der Waals surface area contributed by atoms with Crippen molar-refractivity contribution < 1.29 is 9.00 Å². The van der Waals surface area contributed by atoms with E-state index >= 15 is 0 Å². The first kappa shape index (κ1) is 12.0. The Balaban J connectivity index is 2.05. The van der Waals surface area contributed by atoms with E-state index < -0.39 is 10.8 Å². The van der Waals surface area contributed by atoms with Crippen molar-refractivity contribution in [2.45, 2.75) is 0 Å². The molecule has 1 aliphatic heterocycles. The highest BCUT2D eigenvalue weighted by molar-refractivity contribution is 7.85. The molecular weight excluding hydrogens is 240 g/mol. The van der Waals surface area contributed by atoms with Crippen LogP contribution in [0.15, 0.2) is 18.3 Å². The Morgan fingerprint density at radius 3 is 2.65 bits per heavy atom. The first-order valence-electron chi connectivity index (χ1n) is 5.27. The summed E-state index contributed by atoms with van der Waals surface area (Å²) in [4.78, 5) is 17.7. The van der Waals surface area contributed by atoms with Crippen molar-refractivity contribution >= 4 is 22.4 Å². The molecule has 6 nitrogen and oxygen atoms in total. The number of nitrogens with zero attached hydrogens (tertiary/aromatic N) is 2. The second-order valence-corrected chi connectivity index (χ2v) is 5.41. The zero-order valence-electron chi connectivity index (χ0n) is 9.26.